The van der Waals surface area contributed by atoms with Gasteiger partial charge in [-0.1, -0.05) is 6.92 Å². The van der Waals surface area contributed by atoms with Gasteiger partial charge in [0.2, 0.25) is 5.13 Å². The highest BCUT2D eigenvalue weighted by molar-refractivity contribution is 7.09. The van der Waals surface area contributed by atoms with Crippen molar-refractivity contribution >= 4 is 16.7 Å². The second-order valence-electron chi connectivity index (χ2n) is 3.94. The summed E-state index contributed by atoms with van der Waals surface area (Å²) in [5.41, 5.74) is 0. The number of hydrogen-bond acceptors (Lipinski definition) is 5. The summed E-state index contributed by atoms with van der Waals surface area (Å²) in [6, 6.07) is 0. The Bertz CT molecular complexity index is 293. The molecule has 5 heteroatoms. The number of rotatable bonds is 5. The normalized spacial score (nSPS) is 20.7. The molecule has 1 aliphatic heterocycles. The van der Waals surface area contributed by atoms with Crippen LogP contribution >= 0.6 is 11.5 Å². The minimum absolute atomic E-state index is 0.844. The number of aromatic nitrogens is 2. The van der Waals surface area contributed by atoms with E-state index < -0.39 is 0 Å². The minimum Gasteiger partial charge on any atom is -0.360 e. The summed E-state index contributed by atoms with van der Waals surface area (Å²) in [6.07, 6.45) is 3.47. The molecule has 2 heterocycles. The van der Waals surface area contributed by atoms with E-state index >= 15 is 0 Å². The van der Waals surface area contributed by atoms with Crippen molar-refractivity contribution in [3.63, 3.8) is 0 Å². The van der Waals surface area contributed by atoms with Gasteiger partial charge in [-0.3, -0.25) is 0 Å². The lowest BCUT2D eigenvalue weighted by molar-refractivity contribution is 0.549. The van der Waals surface area contributed by atoms with Gasteiger partial charge in [0.25, 0.3) is 0 Å². The van der Waals surface area contributed by atoms with E-state index in [0.717, 1.165) is 29.8 Å². The van der Waals surface area contributed by atoms with Crippen LogP contribution in [0.15, 0.2) is 0 Å². The second-order valence-corrected chi connectivity index (χ2v) is 4.70. The van der Waals surface area contributed by atoms with Crippen molar-refractivity contribution in [1.82, 2.24) is 14.7 Å². The fraction of sp³-hybridized carbons (Fsp3) is 0.800. The number of nitrogens with zero attached hydrogens (tertiary/aromatic N) is 2. The van der Waals surface area contributed by atoms with Crippen LogP contribution in [0.5, 0.6) is 0 Å². The van der Waals surface area contributed by atoms with Crippen molar-refractivity contribution in [2.75, 3.05) is 25.0 Å². The molecule has 1 atom stereocenters. The van der Waals surface area contributed by atoms with Crippen molar-refractivity contribution in [2.45, 2.75) is 26.2 Å². The maximum Gasteiger partial charge on any atom is 0.202 e. The first-order valence-electron chi connectivity index (χ1n) is 5.65. The maximum atomic E-state index is 4.37. The molecule has 2 N–H and O–H groups in total. The quantitative estimate of drug-likeness (QED) is 0.799. The van der Waals surface area contributed by atoms with E-state index in [-0.39, 0.29) is 0 Å². The highest BCUT2D eigenvalue weighted by Gasteiger charge is 2.13. The van der Waals surface area contributed by atoms with E-state index in [1.54, 1.807) is 0 Å². The van der Waals surface area contributed by atoms with Gasteiger partial charge in [-0.2, -0.15) is 4.37 Å². The first-order valence-corrected chi connectivity index (χ1v) is 6.43. The first kappa shape index (κ1) is 10.8. The van der Waals surface area contributed by atoms with Gasteiger partial charge < -0.3 is 10.6 Å². The van der Waals surface area contributed by atoms with E-state index in [1.165, 1.54) is 37.5 Å². The molecule has 1 fully saturated rings. The smallest absolute Gasteiger partial charge is 0.202 e. The Morgan fingerprint density at radius 1 is 1.60 bits per heavy atom. The Kier molecular flexibility index (Phi) is 3.91. The lowest BCUT2D eigenvalue weighted by Crippen LogP contribution is -2.12. The summed E-state index contributed by atoms with van der Waals surface area (Å²) in [5, 5.41) is 7.69. The van der Waals surface area contributed by atoms with Crippen LogP contribution in [-0.2, 0) is 6.42 Å². The van der Waals surface area contributed by atoms with E-state index in [0.29, 0.717) is 0 Å². The number of aryl methyl sites for hydroxylation is 1. The molecule has 84 valence electrons. The number of hydrogen-bond donors (Lipinski definition) is 2. The number of anilines is 1. The van der Waals surface area contributed by atoms with Crippen molar-refractivity contribution in [1.29, 1.82) is 0 Å². The molecule has 1 aromatic rings. The molecule has 4 nitrogen and oxygen atoms in total. The van der Waals surface area contributed by atoms with Gasteiger partial charge in [0.1, 0.15) is 5.82 Å². The lowest BCUT2D eigenvalue weighted by Gasteiger charge is -2.07. The molecular weight excluding hydrogens is 208 g/mol. The second kappa shape index (κ2) is 5.42. The summed E-state index contributed by atoms with van der Waals surface area (Å²) in [7, 11) is 0. The van der Waals surface area contributed by atoms with Gasteiger partial charge in [-0.05, 0) is 31.8 Å². The highest BCUT2D eigenvalue weighted by atomic mass is 32.1. The molecule has 0 aromatic carbocycles. The van der Waals surface area contributed by atoms with Crippen molar-refractivity contribution in [3.05, 3.63) is 5.82 Å². The van der Waals surface area contributed by atoms with Gasteiger partial charge in [0, 0.05) is 24.5 Å². The molecule has 1 unspecified atom stereocenters. The molecule has 1 saturated heterocycles. The lowest BCUT2D eigenvalue weighted by atomic mass is 10.1. The largest absolute Gasteiger partial charge is 0.360 e. The van der Waals surface area contributed by atoms with E-state index in [9.17, 15) is 0 Å². The average Bonchev–Trinajstić information content (AvgIpc) is 2.88. The summed E-state index contributed by atoms with van der Waals surface area (Å²) >= 11 is 1.47. The fourth-order valence-electron chi connectivity index (χ4n) is 1.81. The van der Waals surface area contributed by atoms with Gasteiger partial charge in [-0.15, -0.1) is 0 Å². The van der Waals surface area contributed by atoms with E-state index in [2.05, 4.69) is 26.9 Å². The third-order valence-electron chi connectivity index (χ3n) is 2.78. The predicted molar refractivity (Wildman–Crippen MR) is 63.4 cm³/mol. The van der Waals surface area contributed by atoms with Gasteiger partial charge in [0.05, 0.1) is 0 Å². The van der Waals surface area contributed by atoms with Crippen LogP contribution in [0.25, 0.3) is 0 Å². The van der Waals surface area contributed by atoms with Crippen molar-refractivity contribution in [3.8, 4) is 0 Å². The molecule has 2 rings (SSSR count). The van der Waals surface area contributed by atoms with Crippen LogP contribution in [-0.4, -0.2) is 29.0 Å². The van der Waals surface area contributed by atoms with Crippen LogP contribution in [0.3, 0.4) is 0 Å². The molecule has 0 spiro atoms. The SMILES string of the molecule is CCc1nsc(NCCC2CCNC2)n1. The zero-order chi connectivity index (χ0) is 10.5. The Labute approximate surface area is 94.7 Å². The fourth-order valence-corrected chi connectivity index (χ4v) is 2.49. The molecule has 0 amide bonds. The third-order valence-corrected chi connectivity index (χ3v) is 3.49. The van der Waals surface area contributed by atoms with Gasteiger partial charge in [-0.25, -0.2) is 4.98 Å². The van der Waals surface area contributed by atoms with Crippen LogP contribution in [0, 0.1) is 5.92 Å². The molecule has 0 radical (unpaired) electrons. The number of nitrogens with one attached hydrogen (secondary N) is 2. The van der Waals surface area contributed by atoms with E-state index in [1.807, 2.05) is 0 Å². The monoisotopic (exact) mass is 226 g/mol. The maximum absolute atomic E-state index is 4.37. The summed E-state index contributed by atoms with van der Waals surface area (Å²) < 4.78 is 4.24. The standard InChI is InChI=1S/C10H18N4S/c1-2-9-13-10(15-14-9)12-6-4-8-3-5-11-7-8/h8,11H,2-7H2,1H3,(H,12,13,14). The van der Waals surface area contributed by atoms with Gasteiger partial charge in [0.15, 0.2) is 0 Å². The molecule has 0 bridgehead atoms. The molecule has 0 aliphatic carbocycles. The zero-order valence-corrected chi connectivity index (χ0v) is 9.94. The topological polar surface area (TPSA) is 49.8 Å². The Hall–Kier alpha value is -0.680. The van der Waals surface area contributed by atoms with Crippen molar-refractivity contribution in [2.24, 2.45) is 5.92 Å². The first-order chi connectivity index (χ1) is 7.38. The van der Waals surface area contributed by atoms with Crippen molar-refractivity contribution < 1.29 is 0 Å². The van der Waals surface area contributed by atoms with E-state index in [4.69, 9.17) is 0 Å². The third kappa shape index (κ3) is 3.14. The summed E-state index contributed by atoms with van der Waals surface area (Å²) in [5.74, 6) is 1.79. The summed E-state index contributed by atoms with van der Waals surface area (Å²) in [4.78, 5) is 4.37. The Balaban J connectivity index is 1.68. The predicted octanol–water partition coefficient (Wildman–Crippen LogP) is 1.51. The molecular formula is C10H18N4S. The molecule has 0 saturated carbocycles. The van der Waals surface area contributed by atoms with Gasteiger partial charge >= 0.3 is 0 Å². The molecule has 1 aromatic heterocycles. The highest BCUT2D eigenvalue weighted by Crippen LogP contribution is 2.14. The van der Waals surface area contributed by atoms with Crippen LogP contribution in [0.1, 0.15) is 25.6 Å². The molecule has 1 aliphatic rings. The Morgan fingerprint density at radius 3 is 3.20 bits per heavy atom. The van der Waals surface area contributed by atoms with Crippen LogP contribution in [0.2, 0.25) is 0 Å². The van der Waals surface area contributed by atoms with Crippen LogP contribution < -0.4 is 10.6 Å². The Morgan fingerprint density at radius 2 is 2.53 bits per heavy atom. The zero-order valence-electron chi connectivity index (χ0n) is 9.12. The average molecular weight is 226 g/mol. The van der Waals surface area contributed by atoms with Crippen LogP contribution in [0.4, 0.5) is 5.13 Å². The summed E-state index contributed by atoms with van der Waals surface area (Å²) in [6.45, 7) is 5.46. The molecule has 15 heavy (non-hydrogen) atoms. The minimum atomic E-state index is 0.844.